The van der Waals surface area contributed by atoms with Gasteiger partial charge in [-0.25, -0.2) is 4.98 Å². The fraction of sp³-hybridized carbons (Fsp3) is 0.200. The van der Waals surface area contributed by atoms with Crippen LogP contribution in [0.25, 0.3) is 21.3 Å². The number of thiophene rings is 1. The number of benzene rings is 1. The van der Waals surface area contributed by atoms with E-state index in [2.05, 4.69) is 29.0 Å². The molecular weight excluding hydrogens is 290 g/mol. The second-order valence-corrected chi connectivity index (χ2v) is 6.33. The van der Waals surface area contributed by atoms with E-state index in [1.54, 1.807) is 11.3 Å². The van der Waals surface area contributed by atoms with Crippen molar-refractivity contribution in [2.45, 2.75) is 6.92 Å². The topological polar surface area (TPSA) is 29.0 Å². The summed E-state index contributed by atoms with van der Waals surface area (Å²) in [5.74, 6) is 0.864. The first-order valence-electron chi connectivity index (χ1n) is 6.27. The van der Waals surface area contributed by atoms with Gasteiger partial charge in [0.2, 0.25) is 5.28 Å². The Hall–Kier alpha value is -1.65. The monoisotopic (exact) mass is 303 g/mol. The molecule has 0 aliphatic rings. The minimum Gasteiger partial charge on any atom is -0.362 e. The average molecular weight is 304 g/mol. The molecule has 2 aromatic heterocycles. The number of nitrogens with zero attached hydrogens (tertiary/aromatic N) is 3. The fourth-order valence-corrected chi connectivity index (χ4v) is 3.60. The number of hydrogen-bond donors (Lipinski definition) is 0. The molecule has 2 heterocycles. The molecule has 5 heteroatoms. The van der Waals surface area contributed by atoms with Gasteiger partial charge in [-0.3, -0.25) is 0 Å². The van der Waals surface area contributed by atoms with Crippen LogP contribution in [0.3, 0.4) is 0 Å². The highest BCUT2D eigenvalue weighted by Crippen LogP contribution is 2.41. The Morgan fingerprint density at radius 1 is 1.10 bits per heavy atom. The zero-order valence-corrected chi connectivity index (χ0v) is 13.1. The Labute approximate surface area is 126 Å². The van der Waals surface area contributed by atoms with Gasteiger partial charge in [0.1, 0.15) is 10.6 Å². The average Bonchev–Trinajstić information content (AvgIpc) is 2.74. The number of halogens is 1. The van der Waals surface area contributed by atoms with Gasteiger partial charge in [0, 0.05) is 24.5 Å². The molecule has 0 aliphatic carbocycles. The smallest absolute Gasteiger partial charge is 0.225 e. The number of anilines is 1. The molecule has 0 N–H and O–H groups in total. The maximum Gasteiger partial charge on any atom is 0.225 e. The third-order valence-corrected chi connectivity index (χ3v) is 4.34. The van der Waals surface area contributed by atoms with E-state index < -0.39 is 0 Å². The number of aromatic nitrogens is 2. The van der Waals surface area contributed by atoms with Gasteiger partial charge in [-0.2, -0.15) is 4.98 Å². The maximum atomic E-state index is 6.03. The van der Waals surface area contributed by atoms with E-state index in [4.69, 9.17) is 11.6 Å². The highest BCUT2D eigenvalue weighted by molar-refractivity contribution is 7.19. The summed E-state index contributed by atoms with van der Waals surface area (Å²) >= 11 is 7.69. The van der Waals surface area contributed by atoms with Gasteiger partial charge in [-0.1, -0.05) is 30.3 Å². The van der Waals surface area contributed by atoms with Crippen molar-refractivity contribution in [2.24, 2.45) is 0 Å². The van der Waals surface area contributed by atoms with Crippen molar-refractivity contribution in [3.05, 3.63) is 40.5 Å². The second kappa shape index (κ2) is 5.04. The van der Waals surface area contributed by atoms with E-state index in [1.807, 2.05) is 37.2 Å². The molecule has 3 rings (SSSR count). The van der Waals surface area contributed by atoms with E-state index in [9.17, 15) is 0 Å². The highest BCUT2D eigenvalue weighted by atomic mass is 35.5. The predicted molar refractivity (Wildman–Crippen MR) is 86.9 cm³/mol. The van der Waals surface area contributed by atoms with Crippen molar-refractivity contribution in [2.75, 3.05) is 19.0 Å². The second-order valence-electron chi connectivity index (χ2n) is 4.79. The Kier molecular flexibility index (Phi) is 3.36. The van der Waals surface area contributed by atoms with E-state index in [0.29, 0.717) is 5.28 Å². The molecule has 0 bridgehead atoms. The predicted octanol–water partition coefficient (Wildman–Crippen LogP) is 4.39. The van der Waals surface area contributed by atoms with E-state index >= 15 is 0 Å². The molecule has 0 atom stereocenters. The van der Waals surface area contributed by atoms with Crippen molar-refractivity contribution < 1.29 is 0 Å². The van der Waals surface area contributed by atoms with Crippen LogP contribution < -0.4 is 4.90 Å². The minimum atomic E-state index is 0.294. The number of fused-ring (bicyclic) bond motifs is 1. The largest absolute Gasteiger partial charge is 0.362 e. The maximum absolute atomic E-state index is 6.03. The van der Waals surface area contributed by atoms with Gasteiger partial charge in [-0.15, -0.1) is 11.3 Å². The first-order chi connectivity index (χ1) is 9.58. The summed E-state index contributed by atoms with van der Waals surface area (Å²) in [6, 6.07) is 10.3. The molecule has 0 spiro atoms. The molecule has 102 valence electrons. The normalized spacial score (nSPS) is 11.0. The quantitative estimate of drug-likeness (QED) is 0.658. The van der Waals surface area contributed by atoms with Crippen LogP contribution in [-0.2, 0) is 0 Å². The lowest BCUT2D eigenvalue weighted by Crippen LogP contribution is -2.11. The summed E-state index contributed by atoms with van der Waals surface area (Å²) in [6.07, 6.45) is 0. The number of hydrogen-bond acceptors (Lipinski definition) is 4. The highest BCUT2D eigenvalue weighted by Gasteiger charge is 2.18. The zero-order valence-electron chi connectivity index (χ0n) is 11.5. The Morgan fingerprint density at radius 2 is 1.80 bits per heavy atom. The summed E-state index contributed by atoms with van der Waals surface area (Å²) in [5.41, 5.74) is 2.39. The van der Waals surface area contributed by atoms with Crippen molar-refractivity contribution in [3.8, 4) is 11.1 Å². The van der Waals surface area contributed by atoms with Gasteiger partial charge in [0.15, 0.2) is 0 Å². The van der Waals surface area contributed by atoms with Gasteiger partial charge < -0.3 is 4.90 Å². The van der Waals surface area contributed by atoms with E-state index in [1.165, 1.54) is 16.0 Å². The lowest BCUT2D eigenvalue weighted by molar-refractivity contribution is 1.06. The van der Waals surface area contributed by atoms with Gasteiger partial charge >= 0.3 is 0 Å². The van der Waals surface area contributed by atoms with Crippen LogP contribution in [0.5, 0.6) is 0 Å². The molecule has 0 amide bonds. The molecule has 3 nitrogen and oxygen atoms in total. The van der Waals surface area contributed by atoms with Crippen molar-refractivity contribution in [3.63, 3.8) is 0 Å². The molecule has 1 aromatic carbocycles. The van der Waals surface area contributed by atoms with Gasteiger partial charge in [0.25, 0.3) is 0 Å². The van der Waals surface area contributed by atoms with Crippen LogP contribution in [0, 0.1) is 6.92 Å². The molecule has 0 saturated carbocycles. The Balaban J connectivity index is 2.40. The summed E-state index contributed by atoms with van der Waals surface area (Å²) in [7, 11) is 3.94. The molecular formula is C15H14ClN3S. The molecule has 0 unspecified atom stereocenters. The van der Waals surface area contributed by atoms with Crippen LogP contribution in [0.2, 0.25) is 5.28 Å². The van der Waals surface area contributed by atoms with Crippen molar-refractivity contribution in [1.29, 1.82) is 0 Å². The van der Waals surface area contributed by atoms with Gasteiger partial charge in [-0.05, 0) is 24.1 Å². The van der Waals surface area contributed by atoms with Crippen LogP contribution in [-0.4, -0.2) is 24.1 Å². The number of aryl methyl sites for hydroxylation is 1. The lowest BCUT2D eigenvalue weighted by Gasteiger charge is -2.14. The van der Waals surface area contributed by atoms with Crippen LogP contribution in [0.15, 0.2) is 30.3 Å². The van der Waals surface area contributed by atoms with E-state index in [0.717, 1.165) is 16.0 Å². The van der Waals surface area contributed by atoms with Crippen molar-refractivity contribution in [1.82, 2.24) is 9.97 Å². The molecule has 20 heavy (non-hydrogen) atoms. The molecule has 0 saturated heterocycles. The lowest BCUT2D eigenvalue weighted by atomic mass is 10.0. The first-order valence-corrected chi connectivity index (χ1v) is 7.46. The molecule has 0 aliphatic heterocycles. The number of rotatable bonds is 2. The Bertz CT molecular complexity index is 766. The van der Waals surface area contributed by atoms with E-state index in [-0.39, 0.29) is 0 Å². The summed E-state index contributed by atoms with van der Waals surface area (Å²) in [4.78, 5) is 12.9. The zero-order chi connectivity index (χ0) is 14.3. The third kappa shape index (κ3) is 2.15. The fourth-order valence-electron chi connectivity index (χ4n) is 2.34. The summed E-state index contributed by atoms with van der Waals surface area (Å²) in [5, 5.41) is 1.37. The minimum absolute atomic E-state index is 0.294. The van der Waals surface area contributed by atoms with Crippen molar-refractivity contribution >= 4 is 39.0 Å². The van der Waals surface area contributed by atoms with Crippen LogP contribution in [0.4, 0.5) is 5.82 Å². The standard InChI is InChI=1S/C15H14ClN3S/c1-9-11(10-7-5-4-6-8-10)12-13(19(2)3)17-15(16)18-14(12)20-9/h4-8H,1-3H3. The summed E-state index contributed by atoms with van der Waals surface area (Å²) in [6.45, 7) is 2.11. The molecule has 0 fully saturated rings. The third-order valence-electron chi connectivity index (χ3n) is 3.17. The summed E-state index contributed by atoms with van der Waals surface area (Å²) < 4.78 is 0. The van der Waals surface area contributed by atoms with Crippen LogP contribution in [0.1, 0.15) is 4.88 Å². The van der Waals surface area contributed by atoms with Gasteiger partial charge in [0.05, 0.1) is 5.39 Å². The molecule has 3 aromatic rings. The Morgan fingerprint density at radius 3 is 2.45 bits per heavy atom. The SMILES string of the molecule is Cc1sc2nc(Cl)nc(N(C)C)c2c1-c1ccccc1. The van der Waals surface area contributed by atoms with Crippen LogP contribution >= 0.6 is 22.9 Å². The first kappa shape index (κ1) is 13.3. The molecule has 0 radical (unpaired) electrons.